The molecule has 1 unspecified atom stereocenters. The Morgan fingerprint density at radius 3 is 3.00 bits per heavy atom. The van der Waals surface area contributed by atoms with Crippen molar-refractivity contribution in [1.82, 2.24) is 15.3 Å². The van der Waals surface area contributed by atoms with E-state index in [1.807, 2.05) is 12.1 Å². The molecule has 20 heavy (non-hydrogen) atoms. The number of likely N-dealkylation sites (N-methyl/N-ethyl adjacent to an activating group) is 1. The van der Waals surface area contributed by atoms with Crippen LogP contribution in [0.1, 0.15) is 24.4 Å². The fourth-order valence-electron chi connectivity index (χ4n) is 2.25. The van der Waals surface area contributed by atoms with E-state index in [9.17, 15) is 0 Å². The molecule has 0 spiro atoms. The van der Waals surface area contributed by atoms with Gasteiger partial charge in [-0.1, -0.05) is 6.92 Å². The van der Waals surface area contributed by atoms with Crippen molar-refractivity contribution in [2.45, 2.75) is 19.6 Å². The highest BCUT2D eigenvalue weighted by atomic mass is 16.5. The van der Waals surface area contributed by atoms with Gasteiger partial charge in [-0.25, -0.2) is 9.97 Å². The van der Waals surface area contributed by atoms with Crippen molar-refractivity contribution < 1.29 is 9.47 Å². The quantitative estimate of drug-likeness (QED) is 0.902. The van der Waals surface area contributed by atoms with Gasteiger partial charge in [0.25, 0.3) is 0 Å². The van der Waals surface area contributed by atoms with E-state index in [4.69, 9.17) is 9.47 Å². The first kappa shape index (κ1) is 12.9. The molecule has 5 heteroatoms. The maximum atomic E-state index is 5.69. The third-order valence-corrected chi connectivity index (χ3v) is 3.20. The smallest absolute Gasteiger partial charge is 0.166 e. The van der Waals surface area contributed by atoms with Crippen molar-refractivity contribution in [3.05, 3.63) is 48.0 Å². The summed E-state index contributed by atoms with van der Waals surface area (Å²) in [7, 11) is 0. The summed E-state index contributed by atoms with van der Waals surface area (Å²) >= 11 is 0. The first-order valence-electron chi connectivity index (χ1n) is 6.75. The standard InChI is InChI=1S/C15H17N3O2/c1-2-16-13-9-20-14-8-11(4-5-12(13)14)19-10-15-17-6-3-7-18-15/h3-8,13,16H,2,9-10H2,1H3. The van der Waals surface area contributed by atoms with Crippen LogP contribution in [0, 0.1) is 0 Å². The van der Waals surface area contributed by atoms with E-state index in [0.717, 1.165) is 18.0 Å². The van der Waals surface area contributed by atoms with E-state index in [1.54, 1.807) is 18.5 Å². The van der Waals surface area contributed by atoms with Gasteiger partial charge in [-0.15, -0.1) is 0 Å². The van der Waals surface area contributed by atoms with E-state index >= 15 is 0 Å². The fourth-order valence-corrected chi connectivity index (χ4v) is 2.25. The molecule has 1 atom stereocenters. The molecular formula is C15H17N3O2. The van der Waals surface area contributed by atoms with Crippen LogP contribution in [0.25, 0.3) is 0 Å². The molecule has 0 radical (unpaired) electrons. The third kappa shape index (κ3) is 2.72. The van der Waals surface area contributed by atoms with Crippen LogP contribution in [-0.4, -0.2) is 23.1 Å². The van der Waals surface area contributed by atoms with Crippen LogP contribution in [0.3, 0.4) is 0 Å². The normalized spacial score (nSPS) is 16.6. The highest BCUT2D eigenvalue weighted by molar-refractivity contribution is 5.45. The first-order chi connectivity index (χ1) is 9.86. The van der Waals surface area contributed by atoms with Crippen molar-refractivity contribution in [3.8, 4) is 11.5 Å². The molecule has 1 aliphatic rings. The molecule has 0 fully saturated rings. The summed E-state index contributed by atoms with van der Waals surface area (Å²) in [4.78, 5) is 8.25. The number of nitrogens with zero attached hydrogens (tertiary/aromatic N) is 2. The van der Waals surface area contributed by atoms with Gasteiger partial charge < -0.3 is 14.8 Å². The van der Waals surface area contributed by atoms with E-state index in [2.05, 4.69) is 28.3 Å². The van der Waals surface area contributed by atoms with Crippen molar-refractivity contribution in [3.63, 3.8) is 0 Å². The molecule has 1 aromatic carbocycles. The molecule has 0 saturated heterocycles. The Bertz CT molecular complexity index is 575. The summed E-state index contributed by atoms with van der Waals surface area (Å²) in [6.45, 7) is 4.05. The number of hydrogen-bond donors (Lipinski definition) is 1. The van der Waals surface area contributed by atoms with Gasteiger partial charge in [0, 0.05) is 24.0 Å². The molecule has 5 nitrogen and oxygen atoms in total. The molecule has 0 aliphatic carbocycles. The van der Waals surface area contributed by atoms with Gasteiger partial charge in [0.1, 0.15) is 24.7 Å². The molecule has 104 valence electrons. The Kier molecular flexibility index (Phi) is 3.78. The van der Waals surface area contributed by atoms with E-state index in [1.165, 1.54) is 5.56 Å². The molecular weight excluding hydrogens is 254 g/mol. The molecule has 0 saturated carbocycles. The van der Waals surface area contributed by atoms with Gasteiger partial charge in [0.15, 0.2) is 5.82 Å². The van der Waals surface area contributed by atoms with Gasteiger partial charge in [0.2, 0.25) is 0 Å². The Morgan fingerprint density at radius 2 is 2.20 bits per heavy atom. The van der Waals surface area contributed by atoms with Gasteiger partial charge >= 0.3 is 0 Å². The lowest BCUT2D eigenvalue weighted by molar-refractivity contribution is 0.290. The largest absolute Gasteiger partial charge is 0.491 e. The number of benzene rings is 1. The van der Waals surface area contributed by atoms with Crippen molar-refractivity contribution in [2.75, 3.05) is 13.2 Å². The number of fused-ring (bicyclic) bond motifs is 1. The molecule has 3 rings (SSSR count). The van der Waals surface area contributed by atoms with Crippen molar-refractivity contribution >= 4 is 0 Å². The average molecular weight is 271 g/mol. The average Bonchev–Trinajstić information content (AvgIpc) is 2.89. The van der Waals surface area contributed by atoms with Crippen molar-refractivity contribution in [1.29, 1.82) is 0 Å². The van der Waals surface area contributed by atoms with Gasteiger partial charge in [0.05, 0.1) is 6.04 Å². The van der Waals surface area contributed by atoms with Crippen LogP contribution < -0.4 is 14.8 Å². The zero-order valence-corrected chi connectivity index (χ0v) is 11.4. The zero-order valence-electron chi connectivity index (χ0n) is 11.4. The molecule has 0 amide bonds. The SMILES string of the molecule is CCNC1COc2cc(OCc3ncccn3)ccc21. The summed E-state index contributed by atoms with van der Waals surface area (Å²) < 4.78 is 11.4. The number of aromatic nitrogens is 2. The second kappa shape index (κ2) is 5.88. The maximum Gasteiger partial charge on any atom is 0.166 e. The summed E-state index contributed by atoms with van der Waals surface area (Å²) in [5.74, 6) is 2.33. The van der Waals surface area contributed by atoms with Crippen LogP contribution in [0.4, 0.5) is 0 Å². The highest BCUT2D eigenvalue weighted by Crippen LogP contribution is 2.35. The highest BCUT2D eigenvalue weighted by Gasteiger charge is 2.23. The second-order valence-electron chi connectivity index (χ2n) is 4.57. The van der Waals surface area contributed by atoms with Gasteiger partial charge in [-0.3, -0.25) is 0 Å². The molecule has 2 aromatic rings. The topological polar surface area (TPSA) is 56.3 Å². The minimum absolute atomic E-state index is 0.279. The van der Waals surface area contributed by atoms with E-state index < -0.39 is 0 Å². The van der Waals surface area contributed by atoms with Gasteiger partial charge in [-0.2, -0.15) is 0 Å². The zero-order chi connectivity index (χ0) is 13.8. The van der Waals surface area contributed by atoms with Crippen LogP contribution >= 0.6 is 0 Å². The van der Waals surface area contributed by atoms with Gasteiger partial charge in [-0.05, 0) is 24.7 Å². The van der Waals surface area contributed by atoms with Crippen LogP contribution in [-0.2, 0) is 6.61 Å². The van der Waals surface area contributed by atoms with Crippen LogP contribution in [0.5, 0.6) is 11.5 Å². The monoisotopic (exact) mass is 271 g/mol. The summed E-state index contributed by atoms with van der Waals surface area (Å²) in [5.41, 5.74) is 1.19. The first-order valence-corrected chi connectivity index (χ1v) is 6.75. The fraction of sp³-hybridized carbons (Fsp3) is 0.333. The Labute approximate surface area is 118 Å². The minimum Gasteiger partial charge on any atom is -0.491 e. The molecule has 1 aromatic heterocycles. The number of ether oxygens (including phenoxy) is 2. The number of rotatable bonds is 5. The van der Waals surface area contributed by atoms with Crippen LogP contribution in [0.15, 0.2) is 36.7 Å². The van der Waals surface area contributed by atoms with E-state index in [0.29, 0.717) is 19.0 Å². The maximum absolute atomic E-state index is 5.69. The summed E-state index contributed by atoms with van der Waals surface area (Å²) in [6.07, 6.45) is 3.41. The van der Waals surface area contributed by atoms with Crippen molar-refractivity contribution in [2.24, 2.45) is 0 Å². The Balaban J connectivity index is 1.68. The lowest BCUT2D eigenvalue weighted by atomic mass is 10.1. The number of nitrogens with one attached hydrogen (secondary N) is 1. The minimum atomic E-state index is 0.279. The lowest BCUT2D eigenvalue weighted by Crippen LogP contribution is -2.21. The Morgan fingerprint density at radius 1 is 1.35 bits per heavy atom. The Hall–Kier alpha value is -2.14. The predicted octanol–water partition coefficient (Wildman–Crippen LogP) is 2.10. The second-order valence-corrected chi connectivity index (χ2v) is 4.57. The molecule has 1 N–H and O–H groups in total. The summed E-state index contributed by atoms with van der Waals surface area (Å²) in [6, 6.07) is 8.00. The number of hydrogen-bond acceptors (Lipinski definition) is 5. The van der Waals surface area contributed by atoms with Crippen LogP contribution in [0.2, 0.25) is 0 Å². The predicted molar refractivity (Wildman–Crippen MR) is 74.7 cm³/mol. The lowest BCUT2D eigenvalue weighted by Gasteiger charge is -2.09. The molecule has 2 heterocycles. The molecule has 0 bridgehead atoms. The summed E-state index contributed by atoms with van der Waals surface area (Å²) in [5, 5.41) is 3.39. The third-order valence-electron chi connectivity index (χ3n) is 3.20. The van der Waals surface area contributed by atoms with E-state index in [-0.39, 0.29) is 6.04 Å². The molecule has 1 aliphatic heterocycles.